The highest BCUT2D eigenvalue weighted by Crippen LogP contribution is 2.19. The molecule has 19 heavy (non-hydrogen) atoms. The van der Waals surface area contributed by atoms with Crippen LogP contribution >= 0.6 is 0 Å². The van der Waals surface area contributed by atoms with E-state index < -0.39 is 0 Å². The second-order valence-electron chi connectivity index (χ2n) is 4.98. The highest BCUT2D eigenvalue weighted by atomic mass is 16.5. The molecule has 0 saturated carbocycles. The lowest BCUT2D eigenvalue weighted by atomic mass is 10.2. The van der Waals surface area contributed by atoms with E-state index in [0.717, 1.165) is 49.3 Å². The van der Waals surface area contributed by atoms with Gasteiger partial charge in [0.05, 0.1) is 12.7 Å². The summed E-state index contributed by atoms with van der Waals surface area (Å²) in [5.74, 6) is 2.52. The van der Waals surface area contributed by atoms with Crippen LogP contribution in [0.2, 0.25) is 0 Å². The maximum Gasteiger partial charge on any atom is 0.134 e. The molecule has 2 heterocycles. The van der Waals surface area contributed by atoms with E-state index in [1.54, 1.807) is 0 Å². The predicted molar refractivity (Wildman–Crippen MR) is 76.8 cm³/mol. The van der Waals surface area contributed by atoms with Crippen LogP contribution < -0.4 is 10.6 Å². The van der Waals surface area contributed by atoms with Gasteiger partial charge >= 0.3 is 0 Å². The molecule has 2 rings (SSSR count). The molecule has 0 amide bonds. The summed E-state index contributed by atoms with van der Waals surface area (Å²) in [5, 5.41) is 6.47. The van der Waals surface area contributed by atoms with E-state index >= 15 is 0 Å². The highest BCUT2D eigenvalue weighted by Gasteiger charge is 2.18. The number of morpholine rings is 1. The SMILES string of the molecule is CNc1nc(C)nc(NCC2CN(C)CCO2)c1C. The van der Waals surface area contributed by atoms with Crippen LogP contribution in [0.1, 0.15) is 11.4 Å². The Labute approximate surface area is 114 Å². The van der Waals surface area contributed by atoms with E-state index in [1.165, 1.54) is 0 Å². The van der Waals surface area contributed by atoms with Crippen LogP contribution in [0.5, 0.6) is 0 Å². The number of aryl methyl sites for hydroxylation is 1. The molecule has 1 fully saturated rings. The molecular formula is C13H23N5O. The van der Waals surface area contributed by atoms with Crippen molar-refractivity contribution < 1.29 is 4.74 Å². The van der Waals surface area contributed by atoms with Gasteiger partial charge in [-0.3, -0.25) is 0 Å². The zero-order chi connectivity index (χ0) is 13.8. The molecule has 1 saturated heterocycles. The number of nitrogens with zero attached hydrogens (tertiary/aromatic N) is 3. The lowest BCUT2D eigenvalue weighted by Crippen LogP contribution is -2.43. The van der Waals surface area contributed by atoms with Crippen molar-refractivity contribution in [2.75, 3.05) is 51.0 Å². The summed E-state index contributed by atoms with van der Waals surface area (Å²) >= 11 is 0. The molecule has 1 atom stereocenters. The van der Waals surface area contributed by atoms with Gasteiger partial charge in [-0.25, -0.2) is 9.97 Å². The van der Waals surface area contributed by atoms with Crippen LogP contribution in [-0.2, 0) is 4.74 Å². The Hall–Kier alpha value is -1.40. The average Bonchev–Trinajstić information content (AvgIpc) is 2.39. The van der Waals surface area contributed by atoms with Gasteiger partial charge in [0.2, 0.25) is 0 Å². The Bertz CT molecular complexity index is 437. The summed E-state index contributed by atoms with van der Waals surface area (Å²) in [4.78, 5) is 11.1. The molecule has 0 radical (unpaired) electrons. The standard InChI is InChI=1S/C13H23N5O/c1-9-12(14-3)16-10(2)17-13(9)15-7-11-8-18(4)5-6-19-11/h11H,5-8H2,1-4H3,(H2,14,15,16,17). The van der Waals surface area contributed by atoms with Gasteiger partial charge in [-0.2, -0.15) is 0 Å². The van der Waals surface area contributed by atoms with Crippen molar-refractivity contribution in [3.8, 4) is 0 Å². The number of ether oxygens (including phenoxy) is 1. The summed E-state index contributed by atoms with van der Waals surface area (Å²) in [5.41, 5.74) is 1.04. The quantitative estimate of drug-likeness (QED) is 0.842. The molecular weight excluding hydrogens is 242 g/mol. The number of hydrogen-bond acceptors (Lipinski definition) is 6. The Morgan fingerprint density at radius 3 is 2.74 bits per heavy atom. The molecule has 106 valence electrons. The minimum absolute atomic E-state index is 0.214. The van der Waals surface area contributed by atoms with E-state index in [4.69, 9.17) is 4.74 Å². The zero-order valence-corrected chi connectivity index (χ0v) is 12.2. The molecule has 1 aromatic rings. The average molecular weight is 265 g/mol. The molecule has 0 aliphatic carbocycles. The van der Waals surface area contributed by atoms with Crippen molar-refractivity contribution in [3.63, 3.8) is 0 Å². The summed E-state index contributed by atoms with van der Waals surface area (Å²) in [6, 6.07) is 0. The van der Waals surface area contributed by atoms with E-state index in [1.807, 2.05) is 20.9 Å². The number of anilines is 2. The summed E-state index contributed by atoms with van der Waals surface area (Å²) < 4.78 is 5.73. The zero-order valence-electron chi connectivity index (χ0n) is 12.2. The van der Waals surface area contributed by atoms with Crippen LogP contribution in [0.15, 0.2) is 0 Å². The lowest BCUT2D eigenvalue weighted by molar-refractivity contribution is -0.0117. The first-order valence-electron chi connectivity index (χ1n) is 6.67. The first-order chi connectivity index (χ1) is 9.10. The van der Waals surface area contributed by atoms with Crippen LogP contribution in [0.25, 0.3) is 0 Å². The Kier molecular flexibility index (Phi) is 4.55. The third-order valence-electron chi connectivity index (χ3n) is 3.33. The largest absolute Gasteiger partial charge is 0.374 e. The fourth-order valence-electron chi connectivity index (χ4n) is 2.24. The molecule has 0 aromatic carbocycles. The van der Waals surface area contributed by atoms with Gasteiger partial charge < -0.3 is 20.3 Å². The van der Waals surface area contributed by atoms with Crippen LogP contribution in [-0.4, -0.2) is 61.3 Å². The van der Waals surface area contributed by atoms with Crippen LogP contribution in [0.3, 0.4) is 0 Å². The van der Waals surface area contributed by atoms with E-state index in [0.29, 0.717) is 0 Å². The van der Waals surface area contributed by atoms with E-state index in [2.05, 4.69) is 32.5 Å². The fraction of sp³-hybridized carbons (Fsp3) is 0.692. The Morgan fingerprint density at radius 2 is 2.05 bits per heavy atom. The van der Waals surface area contributed by atoms with Gasteiger partial charge in [0.15, 0.2) is 0 Å². The van der Waals surface area contributed by atoms with Gasteiger partial charge in [0.1, 0.15) is 17.5 Å². The minimum atomic E-state index is 0.214. The first kappa shape index (κ1) is 14.0. The molecule has 1 aromatic heterocycles. The topological polar surface area (TPSA) is 62.3 Å². The molecule has 1 aliphatic heterocycles. The van der Waals surface area contributed by atoms with Gasteiger partial charge in [-0.05, 0) is 20.9 Å². The van der Waals surface area contributed by atoms with E-state index in [-0.39, 0.29) is 6.10 Å². The Morgan fingerprint density at radius 1 is 1.32 bits per heavy atom. The number of aromatic nitrogens is 2. The van der Waals surface area contributed by atoms with Gasteiger partial charge in [0, 0.05) is 32.2 Å². The second kappa shape index (κ2) is 6.16. The van der Waals surface area contributed by atoms with Crippen molar-refractivity contribution in [2.45, 2.75) is 20.0 Å². The number of rotatable bonds is 4. The minimum Gasteiger partial charge on any atom is -0.374 e. The molecule has 2 N–H and O–H groups in total. The van der Waals surface area contributed by atoms with Crippen molar-refractivity contribution in [3.05, 3.63) is 11.4 Å². The van der Waals surface area contributed by atoms with E-state index in [9.17, 15) is 0 Å². The number of nitrogens with one attached hydrogen (secondary N) is 2. The first-order valence-corrected chi connectivity index (χ1v) is 6.67. The molecule has 1 unspecified atom stereocenters. The predicted octanol–water partition coefficient (Wildman–Crippen LogP) is 0.878. The third-order valence-corrected chi connectivity index (χ3v) is 3.33. The summed E-state index contributed by atoms with van der Waals surface area (Å²) in [7, 11) is 3.99. The third kappa shape index (κ3) is 3.54. The molecule has 6 heteroatoms. The second-order valence-corrected chi connectivity index (χ2v) is 4.98. The summed E-state index contributed by atoms with van der Waals surface area (Å²) in [6.07, 6.45) is 0.214. The molecule has 0 spiro atoms. The Balaban J connectivity index is 2.01. The highest BCUT2D eigenvalue weighted by molar-refractivity contribution is 5.56. The smallest absolute Gasteiger partial charge is 0.134 e. The van der Waals surface area contributed by atoms with Crippen molar-refractivity contribution in [2.24, 2.45) is 0 Å². The monoisotopic (exact) mass is 265 g/mol. The lowest BCUT2D eigenvalue weighted by Gasteiger charge is -2.30. The normalized spacial score (nSPS) is 20.3. The maximum atomic E-state index is 5.73. The van der Waals surface area contributed by atoms with Crippen LogP contribution in [0.4, 0.5) is 11.6 Å². The maximum absolute atomic E-state index is 5.73. The molecule has 0 bridgehead atoms. The van der Waals surface area contributed by atoms with Gasteiger partial charge in [-0.1, -0.05) is 0 Å². The molecule has 6 nitrogen and oxygen atoms in total. The van der Waals surface area contributed by atoms with Gasteiger partial charge in [0.25, 0.3) is 0 Å². The molecule has 1 aliphatic rings. The van der Waals surface area contributed by atoms with Crippen LogP contribution in [0, 0.1) is 13.8 Å². The fourth-order valence-corrected chi connectivity index (χ4v) is 2.24. The number of likely N-dealkylation sites (N-methyl/N-ethyl adjacent to an activating group) is 1. The van der Waals surface area contributed by atoms with Gasteiger partial charge in [-0.15, -0.1) is 0 Å². The van der Waals surface area contributed by atoms with Crippen molar-refractivity contribution >= 4 is 11.6 Å². The summed E-state index contributed by atoms with van der Waals surface area (Å²) in [6.45, 7) is 7.44. The van der Waals surface area contributed by atoms with Crippen molar-refractivity contribution in [1.82, 2.24) is 14.9 Å². The number of hydrogen-bond donors (Lipinski definition) is 2. The van der Waals surface area contributed by atoms with Crippen molar-refractivity contribution in [1.29, 1.82) is 0 Å².